The van der Waals surface area contributed by atoms with E-state index in [1.807, 2.05) is 0 Å². The Morgan fingerprint density at radius 1 is 1.36 bits per heavy atom. The van der Waals surface area contributed by atoms with Gasteiger partial charge in [-0.3, -0.25) is 4.79 Å². The van der Waals surface area contributed by atoms with Crippen LogP contribution in [-0.2, 0) is 4.79 Å². The normalized spacial score (nSPS) is 11.1. The van der Waals surface area contributed by atoms with Gasteiger partial charge in [0.1, 0.15) is 0 Å². The Kier molecular flexibility index (Phi) is 3.26. The van der Waals surface area contributed by atoms with Gasteiger partial charge in [-0.2, -0.15) is 0 Å². The lowest BCUT2D eigenvalue weighted by atomic mass is 10.1. The summed E-state index contributed by atoms with van der Waals surface area (Å²) in [6.45, 7) is 2.45. The maximum absolute atomic E-state index is 13.1. The Bertz CT molecular complexity index is 329. The number of hydrogen-bond acceptors (Lipinski definition) is 1. The molecule has 0 atom stereocenters. The van der Waals surface area contributed by atoms with Crippen molar-refractivity contribution in [1.29, 1.82) is 0 Å². The number of rotatable bonds is 2. The van der Waals surface area contributed by atoms with Crippen LogP contribution in [0.5, 0.6) is 0 Å². The zero-order valence-electron chi connectivity index (χ0n) is 7.97. The van der Waals surface area contributed by atoms with Crippen molar-refractivity contribution < 1.29 is 9.18 Å². The molecule has 0 spiro atoms. The summed E-state index contributed by atoms with van der Waals surface area (Å²) in [6, 6.07) is 6.96. The van der Waals surface area contributed by atoms with Crippen molar-refractivity contribution in [2.75, 3.05) is 5.32 Å². The van der Waals surface area contributed by atoms with Crippen molar-refractivity contribution in [2.24, 2.45) is 0 Å². The molecule has 0 saturated carbocycles. The summed E-state index contributed by atoms with van der Waals surface area (Å²) in [6.07, 6.45) is 0. The zero-order valence-corrected chi connectivity index (χ0v) is 9.56. The first kappa shape index (κ1) is 11.2. The van der Waals surface area contributed by atoms with Gasteiger partial charge in [0.15, 0.2) is 5.67 Å². The zero-order chi connectivity index (χ0) is 10.8. The van der Waals surface area contributed by atoms with E-state index in [1.165, 1.54) is 13.8 Å². The van der Waals surface area contributed by atoms with E-state index in [0.29, 0.717) is 5.69 Å². The van der Waals surface area contributed by atoms with E-state index in [1.54, 1.807) is 24.3 Å². The largest absolute Gasteiger partial charge is 0.323 e. The SMILES string of the molecule is CC(C)(F)C(=O)Nc1ccc(Br)cc1. The Hall–Kier alpha value is -0.900. The van der Waals surface area contributed by atoms with Crippen LogP contribution in [0, 0.1) is 0 Å². The van der Waals surface area contributed by atoms with Gasteiger partial charge in [0.05, 0.1) is 0 Å². The van der Waals surface area contributed by atoms with E-state index < -0.39 is 11.6 Å². The number of hydrogen-bond donors (Lipinski definition) is 1. The van der Waals surface area contributed by atoms with Gasteiger partial charge in [-0.15, -0.1) is 0 Å². The van der Waals surface area contributed by atoms with Crippen molar-refractivity contribution >= 4 is 27.5 Å². The predicted octanol–water partition coefficient (Wildman–Crippen LogP) is 3.14. The van der Waals surface area contributed by atoms with Crippen LogP contribution in [-0.4, -0.2) is 11.6 Å². The summed E-state index contributed by atoms with van der Waals surface area (Å²) in [5.41, 5.74) is -1.27. The number of carbonyl (C=O) groups excluding carboxylic acids is 1. The Morgan fingerprint density at radius 2 is 1.86 bits per heavy atom. The Morgan fingerprint density at radius 3 is 2.29 bits per heavy atom. The number of nitrogens with one attached hydrogen (secondary N) is 1. The molecular formula is C10H11BrFNO. The van der Waals surface area contributed by atoms with Gasteiger partial charge in [0.25, 0.3) is 5.91 Å². The van der Waals surface area contributed by atoms with Gasteiger partial charge in [0, 0.05) is 10.2 Å². The monoisotopic (exact) mass is 259 g/mol. The van der Waals surface area contributed by atoms with Crippen LogP contribution < -0.4 is 5.32 Å². The summed E-state index contributed by atoms with van der Waals surface area (Å²) in [4.78, 5) is 11.2. The van der Waals surface area contributed by atoms with Crippen molar-refractivity contribution in [1.82, 2.24) is 0 Å². The number of amides is 1. The van der Waals surface area contributed by atoms with Crippen LogP contribution in [0.4, 0.5) is 10.1 Å². The van der Waals surface area contributed by atoms with Crippen LogP contribution in [0.2, 0.25) is 0 Å². The molecule has 14 heavy (non-hydrogen) atoms. The van der Waals surface area contributed by atoms with E-state index in [0.717, 1.165) is 4.47 Å². The van der Waals surface area contributed by atoms with Crippen LogP contribution in [0.3, 0.4) is 0 Å². The molecule has 1 N–H and O–H groups in total. The highest BCUT2D eigenvalue weighted by molar-refractivity contribution is 9.10. The lowest BCUT2D eigenvalue weighted by molar-refractivity contribution is -0.125. The van der Waals surface area contributed by atoms with Crippen LogP contribution >= 0.6 is 15.9 Å². The van der Waals surface area contributed by atoms with Gasteiger partial charge < -0.3 is 5.32 Å². The third-order valence-electron chi connectivity index (χ3n) is 1.64. The van der Waals surface area contributed by atoms with E-state index >= 15 is 0 Å². The highest BCUT2D eigenvalue weighted by Gasteiger charge is 2.26. The number of halogens is 2. The highest BCUT2D eigenvalue weighted by atomic mass is 79.9. The first-order valence-electron chi connectivity index (χ1n) is 4.15. The molecule has 4 heteroatoms. The van der Waals surface area contributed by atoms with Gasteiger partial charge >= 0.3 is 0 Å². The van der Waals surface area contributed by atoms with E-state index in [9.17, 15) is 9.18 Å². The first-order chi connectivity index (χ1) is 6.39. The van der Waals surface area contributed by atoms with Gasteiger partial charge in [-0.05, 0) is 38.1 Å². The molecule has 2 nitrogen and oxygen atoms in total. The third kappa shape index (κ3) is 3.10. The lowest BCUT2D eigenvalue weighted by Gasteiger charge is -2.13. The second-order valence-corrected chi connectivity index (χ2v) is 4.35. The molecule has 1 aromatic carbocycles. The molecule has 0 aliphatic rings. The van der Waals surface area contributed by atoms with Crippen molar-refractivity contribution in [3.63, 3.8) is 0 Å². The minimum Gasteiger partial charge on any atom is -0.323 e. The molecule has 1 rings (SSSR count). The van der Waals surface area contributed by atoms with E-state index in [2.05, 4.69) is 21.2 Å². The highest BCUT2D eigenvalue weighted by Crippen LogP contribution is 2.16. The fourth-order valence-corrected chi connectivity index (χ4v) is 1.08. The fraction of sp³-hybridized carbons (Fsp3) is 0.300. The smallest absolute Gasteiger partial charge is 0.261 e. The number of carbonyl (C=O) groups is 1. The third-order valence-corrected chi connectivity index (χ3v) is 2.17. The Balaban J connectivity index is 2.71. The van der Waals surface area contributed by atoms with E-state index in [4.69, 9.17) is 0 Å². The minimum atomic E-state index is -1.85. The molecule has 0 heterocycles. The van der Waals surface area contributed by atoms with Gasteiger partial charge in [-0.25, -0.2) is 4.39 Å². The first-order valence-corrected chi connectivity index (χ1v) is 4.95. The summed E-state index contributed by atoms with van der Waals surface area (Å²) in [5.74, 6) is -0.639. The minimum absolute atomic E-state index is 0.587. The molecule has 0 aliphatic carbocycles. The molecule has 0 aromatic heterocycles. The van der Waals surface area contributed by atoms with Crippen molar-refractivity contribution in [2.45, 2.75) is 19.5 Å². The maximum Gasteiger partial charge on any atom is 0.261 e. The van der Waals surface area contributed by atoms with Crippen LogP contribution in [0.1, 0.15) is 13.8 Å². The Labute approximate surface area is 90.6 Å². The number of benzene rings is 1. The van der Waals surface area contributed by atoms with E-state index in [-0.39, 0.29) is 0 Å². The number of anilines is 1. The molecule has 0 aliphatic heterocycles. The molecule has 76 valence electrons. The fourth-order valence-electron chi connectivity index (χ4n) is 0.813. The second-order valence-electron chi connectivity index (χ2n) is 3.43. The maximum atomic E-state index is 13.1. The topological polar surface area (TPSA) is 29.1 Å². The lowest BCUT2D eigenvalue weighted by Crippen LogP contribution is -2.32. The molecule has 0 fully saturated rings. The van der Waals surface area contributed by atoms with Gasteiger partial charge in [-0.1, -0.05) is 15.9 Å². The molecule has 1 aromatic rings. The summed E-state index contributed by atoms with van der Waals surface area (Å²) in [7, 11) is 0. The molecule has 0 radical (unpaired) electrons. The van der Waals surface area contributed by atoms with Crippen LogP contribution in [0.15, 0.2) is 28.7 Å². The van der Waals surface area contributed by atoms with Crippen molar-refractivity contribution in [3.05, 3.63) is 28.7 Å². The summed E-state index contributed by atoms with van der Waals surface area (Å²) < 4.78 is 14.0. The summed E-state index contributed by atoms with van der Waals surface area (Å²) in [5, 5.41) is 2.47. The average Bonchev–Trinajstić information content (AvgIpc) is 2.07. The quantitative estimate of drug-likeness (QED) is 0.869. The van der Waals surface area contributed by atoms with Crippen molar-refractivity contribution in [3.8, 4) is 0 Å². The molecule has 1 amide bonds. The molecular weight excluding hydrogens is 249 g/mol. The average molecular weight is 260 g/mol. The molecule has 0 saturated heterocycles. The van der Waals surface area contributed by atoms with Gasteiger partial charge in [0.2, 0.25) is 0 Å². The summed E-state index contributed by atoms with van der Waals surface area (Å²) >= 11 is 3.26. The second kappa shape index (κ2) is 4.09. The standard InChI is InChI=1S/C10H11BrFNO/c1-10(2,12)9(14)13-8-5-3-7(11)4-6-8/h3-6H,1-2H3,(H,13,14). The number of alkyl halides is 1. The molecule has 0 unspecified atom stereocenters. The predicted molar refractivity (Wildman–Crippen MR) is 58.0 cm³/mol. The van der Waals surface area contributed by atoms with Crippen LogP contribution in [0.25, 0.3) is 0 Å². The molecule has 0 bridgehead atoms.